The molecule has 0 radical (unpaired) electrons. The highest BCUT2D eigenvalue weighted by Crippen LogP contribution is 2.30. The summed E-state index contributed by atoms with van der Waals surface area (Å²) in [6, 6.07) is 10.3. The highest BCUT2D eigenvalue weighted by Gasteiger charge is 2.46. The van der Waals surface area contributed by atoms with Gasteiger partial charge >= 0.3 is 7.12 Å². The highest BCUT2D eigenvalue weighted by atomic mass is 32.2. The van der Waals surface area contributed by atoms with E-state index in [0.717, 1.165) is 0 Å². The molecule has 0 bridgehead atoms. The lowest BCUT2D eigenvalue weighted by molar-refractivity contribution is -0.125. The van der Waals surface area contributed by atoms with Crippen LogP contribution >= 0.6 is 0 Å². The van der Waals surface area contributed by atoms with Crippen LogP contribution in [0.25, 0.3) is 0 Å². The monoisotopic (exact) mass is 374 g/mol. The number of imide groups is 1. The van der Waals surface area contributed by atoms with Crippen LogP contribution < -0.4 is 11.2 Å². The van der Waals surface area contributed by atoms with E-state index in [2.05, 4.69) is 0 Å². The van der Waals surface area contributed by atoms with Gasteiger partial charge in [-0.3, -0.25) is 9.59 Å². The molecule has 2 aromatic carbocycles. The minimum atomic E-state index is -4.26. The summed E-state index contributed by atoms with van der Waals surface area (Å²) in [4.78, 5) is 24.7. The zero-order valence-electron chi connectivity index (χ0n) is 13.4. The van der Waals surface area contributed by atoms with Crippen molar-refractivity contribution in [3.05, 3.63) is 59.7 Å². The minimum Gasteiger partial charge on any atom is -0.423 e. The Kier molecular flexibility index (Phi) is 4.67. The predicted octanol–water partition coefficient (Wildman–Crippen LogP) is -1.39. The van der Waals surface area contributed by atoms with Gasteiger partial charge in [0.15, 0.2) is 0 Å². The first-order valence-electron chi connectivity index (χ1n) is 7.66. The van der Waals surface area contributed by atoms with E-state index in [9.17, 15) is 18.0 Å². The van der Waals surface area contributed by atoms with E-state index in [1.165, 1.54) is 48.5 Å². The lowest BCUT2D eigenvalue weighted by Gasteiger charge is -2.18. The Balaban J connectivity index is 1.82. The number of amides is 2. The molecular weight excluding hydrogens is 359 g/mol. The first-order chi connectivity index (χ1) is 12.2. The second kappa shape index (κ2) is 6.65. The lowest BCUT2D eigenvalue weighted by atomic mass is 9.80. The molecule has 1 aliphatic heterocycles. The SMILES string of the molecule is N[C@@H](Cc1ccc(B(O)O)cc1)C(=O)N1C(=O)c2ccccc2S1(=O)=O. The Hall–Kier alpha value is -2.53. The van der Waals surface area contributed by atoms with E-state index in [0.29, 0.717) is 5.56 Å². The maximum absolute atomic E-state index is 12.5. The quantitative estimate of drug-likeness (QED) is 0.560. The van der Waals surface area contributed by atoms with Gasteiger partial charge in [-0.05, 0) is 29.6 Å². The van der Waals surface area contributed by atoms with Crippen molar-refractivity contribution in [1.82, 2.24) is 4.31 Å². The summed E-state index contributed by atoms with van der Waals surface area (Å²) in [5.41, 5.74) is 6.62. The molecule has 0 spiro atoms. The predicted molar refractivity (Wildman–Crippen MR) is 92.8 cm³/mol. The molecule has 0 aliphatic carbocycles. The van der Waals surface area contributed by atoms with Gasteiger partial charge in [0, 0.05) is 0 Å². The van der Waals surface area contributed by atoms with Crippen LogP contribution in [0.2, 0.25) is 0 Å². The van der Waals surface area contributed by atoms with Crippen molar-refractivity contribution >= 4 is 34.4 Å². The third-order valence-corrected chi connectivity index (χ3v) is 5.81. The molecule has 2 amide bonds. The molecule has 0 fully saturated rings. The average molecular weight is 374 g/mol. The van der Waals surface area contributed by atoms with Gasteiger partial charge in [-0.2, -0.15) is 4.31 Å². The van der Waals surface area contributed by atoms with Crippen molar-refractivity contribution in [3.63, 3.8) is 0 Å². The second-order valence-electron chi connectivity index (χ2n) is 5.83. The van der Waals surface area contributed by atoms with Gasteiger partial charge in [-0.1, -0.05) is 36.4 Å². The van der Waals surface area contributed by atoms with Crippen molar-refractivity contribution in [2.45, 2.75) is 17.4 Å². The van der Waals surface area contributed by atoms with E-state index in [-0.39, 0.29) is 26.6 Å². The van der Waals surface area contributed by atoms with Crippen LogP contribution in [0.4, 0.5) is 0 Å². The van der Waals surface area contributed by atoms with E-state index in [1.807, 2.05) is 0 Å². The summed E-state index contributed by atoms with van der Waals surface area (Å²) in [7, 11) is -5.88. The fourth-order valence-electron chi connectivity index (χ4n) is 2.72. The smallest absolute Gasteiger partial charge is 0.423 e. The van der Waals surface area contributed by atoms with Crippen molar-refractivity contribution in [1.29, 1.82) is 0 Å². The number of fused-ring (bicyclic) bond motifs is 1. The van der Waals surface area contributed by atoms with Crippen LogP contribution in [0, 0.1) is 0 Å². The molecule has 0 aromatic heterocycles. The maximum atomic E-state index is 12.5. The van der Waals surface area contributed by atoms with E-state index in [4.69, 9.17) is 15.8 Å². The Morgan fingerprint density at radius 1 is 1.12 bits per heavy atom. The molecule has 1 aliphatic rings. The summed E-state index contributed by atoms with van der Waals surface area (Å²) in [5.74, 6) is -1.93. The normalized spacial score (nSPS) is 16.3. The van der Waals surface area contributed by atoms with Gasteiger partial charge in [0.1, 0.15) is 4.90 Å². The van der Waals surface area contributed by atoms with Crippen molar-refractivity contribution in [3.8, 4) is 0 Å². The number of sulfonamides is 1. The van der Waals surface area contributed by atoms with Gasteiger partial charge in [0.25, 0.3) is 21.8 Å². The zero-order valence-corrected chi connectivity index (χ0v) is 14.3. The molecule has 0 saturated heterocycles. The van der Waals surface area contributed by atoms with Crippen LogP contribution in [0.15, 0.2) is 53.4 Å². The van der Waals surface area contributed by atoms with Crippen molar-refractivity contribution in [2.24, 2.45) is 5.73 Å². The first kappa shape index (κ1) is 18.3. The van der Waals surface area contributed by atoms with Gasteiger partial charge in [-0.25, -0.2) is 8.42 Å². The fraction of sp³-hybridized carbons (Fsp3) is 0.125. The molecule has 1 heterocycles. The van der Waals surface area contributed by atoms with Crippen LogP contribution in [0.3, 0.4) is 0 Å². The van der Waals surface area contributed by atoms with Crippen LogP contribution in [0.1, 0.15) is 15.9 Å². The van der Waals surface area contributed by atoms with E-state index in [1.54, 1.807) is 0 Å². The summed E-state index contributed by atoms with van der Waals surface area (Å²) < 4.78 is 25.2. The molecular formula is C16H15BN2O6S. The Morgan fingerprint density at radius 2 is 1.73 bits per heavy atom. The van der Waals surface area contributed by atoms with Crippen LogP contribution in [0.5, 0.6) is 0 Å². The highest BCUT2D eigenvalue weighted by molar-refractivity contribution is 7.90. The van der Waals surface area contributed by atoms with Crippen LogP contribution in [-0.4, -0.2) is 47.7 Å². The van der Waals surface area contributed by atoms with E-state index < -0.39 is 35.0 Å². The van der Waals surface area contributed by atoms with Gasteiger partial charge < -0.3 is 15.8 Å². The summed E-state index contributed by atoms with van der Waals surface area (Å²) in [6.07, 6.45) is -0.0176. The number of nitrogens with zero attached hydrogens (tertiary/aromatic N) is 1. The standard InChI is InChI=1S/C16H15BN2O6S/c18-13(9-10-5-7-11(8-6-10)17(22)23)16(21)19-15(20)12-3-1-2-4-14(12)26(19,24)25/h1-8,13,22-23H,9,18H2/t13-/m0/s1. The number of nitrogens with two attached hydrogens (primary N) is 1. The fourth-order valence-corrected chi connectivity index (χ4v) is 4.29. The number of carbonyl (C=O) groups excluding carboxylic acids is 2. The van der Waals surface area contributed by atoms with Crippen molar-refractivity contribution in [2.75, 3.05) is 0 Å². The molecule has 4 N–H and O–H groups in total. The molecule has 8 nitrogen and oxygen atoms in total. The number of benzene rings is 2. The number of rotatable bonds is 4. The Bertz CT molecular complexity index is 974. The number of hydrogen-bond donors (Lipinski definition) is 3. The third kappa shape index (κ3) is 3.03. The van der Waals surface area contributed by atoms with Gasteiger partial charge in [0.05, 0.1) is 11.6 Å². The van der Waals surface area contributed by atoms with Crippen molar-refractivity contribution < 1.29 is 28.1 Å². The maximum Gasteiger partial charge on any atom is 0.488 e. The second-order valence-corrected chi connectivity index (χ2v) is 7.59. The summed E-state index contributed by atoms with van der Waals surface area (Å²) in [5, 5.41) is 18.1. The number of carbonyl (C=O) groups is 2. The lowest BCUT2D eigenvalue weighted by Crippen LogP contribution is -2.47. The Morgan fingerprint density at radius 3 is 2.31 bits per heavy atom. The molecule has 1 atom stereocenters. The summed E-state index contributed by atoms with van der Waals surface area (Å²) in [6.45, 7) is 0. The molecule has 2 aromatic rings. The number of hydrogen-bond acceptors (Lipinski definition) is 7. The molecule has 0 unspecified atom stereocenters. The molecule has 3 rings (SSSR count). The topological polar surface area (TPSA) is 138 Å². The molecule has 0 saturated carbocycles. The van der Waals surface area contributed by atoms with Crippen LogP contribution in [-0.2, 0) is 21.2 Å². The van der Waals surface area contributed by atoms with E-state index >= 15 is 0 Å². The zero-order chi connectivity index (χ0) is 19.1. The molecule has 134 valence electrons. The average Bonchev–Trinajstić information content (AvgIpc) is 2.81. The summed E-state index contributed by atoms with van der Waals surface area (Å²) >= 11 is 0. The first-order valence-corrected chi connectivity index (χ1v) is 9.10. The van der Waals surface area contributed by atoms with Gasteiger partial charge in [-0.15, -0.1) is 0 Å². The Labute approximate surface area is 150 Å². The molecule has 26 heavy (non-hydrogen) atoms. The largest absolute Gasteiger partial charge is 0.488 e. The van der Waals surface area contributed by atoms with Gasteiger partial charge in [0.2, 0.25) is 0 Å². The molecule has 10 heteroatoms. The minimum absolute atomic E-state index is 0.0176. The third-order valence-electron chi connectivity index (χ3n) is 4.07.